The lowest BCUT2D eigenvalue weighted by atomic mass is 10.3. The lowest BCUT2D eigenvalue weighted by Gasteiger charge is -1.90. The van der Waals surface area contributed by atoms with Gasteiger partial charge in [0.25, 0.3) is 0 Å². The SMILES string of the molecule is CO.O[C@@H]1CCNC1. The average Bonchev–Trinajstić information content (AvgIpc) is 2.24. The standard InChI is InChI=1S/C4H9NO.CH4O/c6-4-1-2-5-3-4;1-2/h4-6H,1-3H2;2H,1H3/t4-;/m1./s1. The first-order valence-corrected chi connectivity index (χ1v) is 2.73. The molecule has 8 heavy (non-hydrogen) atoms. The van der Waals surface area contributed by atoms with Crippen molar-refractivity contribution in [3.05, 3.63) is 0 Å². The lowest BCUT2D eigenvalue weighted by molar-refractivity contribution is 0.196. The molecule has 0 radical (unpaired) electrons. The summed E-state index contributed by atoms with van der Waals surface area (Å²) in [4.78, 5) is 0. The number of aliphatic hydroxyl groups is 2. The van der Waals surface area contributed by atoms with E-state index in [2.05, 4.69) is 5.32 Å². The molecule has 3 N–H and O–H groups in total. The van der Waals surface area contributed by atoms with Crippen molar-refractivity contribution in [1.29, 1.82) is 0 Å². The molecule has 0 unspecified atom stereocenters. The Labute approximate surface area is 49.3 Å². The van der Waals surface area contributed by atoms with E-state index in [1.54, 1.807) is 0 Å². The molecule has 1 saturated heterocycles. The van der Waals surface area contributed by atoms with E-state index in [0.717, 1.165) is 26.6 Å². The minimum absolute atomic E-state index is 0.0648. The summed E-state index contributed by atoms with van der Waals surface area (Å²) in [5.41, 5.74) is 0. The van der Waals surface area contributed by atoms with Crippen molar-refractivity contribution in [3.63, 3.8) is 0 Å². The highest BCUT2D eigenvalue weighted by molar-refractivity contribution is 4.67. The lowest BCUT2D eigenvalue weighted by Crippen LogP contribution is -2.11. The number of hydrogen-bond acceptors (Lipinski definition) is 3. The van der Waals surface area contributed by atoms with E-state index in [1.807, 2.05) is 0 Å². The van der Waals surface area contributed by atoms with Crippen molar-refractivity contribution < 1.29 is 10.2 Å². The Bertz CT molecular complexity index is 43.7. The van der Waals surface area contributed by atoms with E-state index in [1.165, 1.54) is 0 Å². The number of rotatable bonds is 0. The van der Waals surface area contributed by atoms with Crippen LogP contribution in [0.15, 0.2) is 0 Å². The maximum atomic E-state index is 8.67. The van der Waals surface area contributed by atoms with Crippen molar-refractivity contribution in [2.75, 3.05) is 20.2 Å². The Kier molecular flexibility index (Phi) is 4.95. The molecular formula is C5H13NO2. The Morgan fingerprint density at radius 1 is 1.50 bits per heavy atom. The van der Waals surface area contributed by atoms with Crippen molar-refractivity contribution in [2.24, 2.45) is 0 Å². The molecule has 0 aromatic heterocycles. The van der Waals surface area contributed by atoms with Crippen molar-refractivity contribution in [3.8, 4) is 0 Å². The monoisotopic (exact) mass is 119 g/mol. The Morgan fingerprint density at radius 2 is 2.12 bits per heavy atom. The first-order chi connectivity index (χ1) is 3.89. The largest absolute Gasteiger partial charge is 0.400 e. The second kappa shape index (κ2) is 5.03. The average molecular weight is 119 g/mol. The fraction of sp³-hybridized carbons (Fsp3) is 1.00. The van der Waals surface area contributed by atoms with Crippen LogP contribution in [0.4, 0.5) is 0 Å². The number of nitrogens with one attached hydrogen (secondary N) is 1. The van der Waals surface area contributed by atoms with Gasteiger partial charge in [-0.1, -0.05) is 0 Å². The molecule has 1 fully saturated rings. The van der Waals surface area contributed by atoms with Crippen LogP contribution in [-0.4, -0.2) is 36.5 Å². The third-order valence-electron chi connectivity index (χ3n) is 1.03. The summed E-state index contributed by atoms with van der Waals surface area (Å²) in [5.74, 6) is 0. The van der Waals surface area contributed by atoms with E-state index in [4.69, 9.17) is 10.2 Å². The van der Waals surface area contributed by atoms with E-state index in [9.17, 15) is 0 Å². The second-order valence-electron chi connectivity index (χ2n) is 1.65. The van der Waals surface area contributed by atoms with Crippen LogP contribution in [-0.2, 0) is 0 Å². The molecular weight excluding hydrogens is 106 g/mol. The Hall–Kier alpha value is -0.120. The summed E-state index contributed by atoms with van der Waals surface area (Å²) in [5, 5.41) is 18.7. The van der Waals surface area contributed by atoms with Gasteiger partial charge >= 0.3 is 0 Å². The van der Waals surface area contributed by atoms with Gasteiger partial charge in [-0.15, -0.1) is 0 Å². The molecule has 0 saturated carbocycles. The summed E-state index contributed by atoms with van der Waals surface area (Å²) < 4.78 is 0. The summed E-state index contributed by atoms with van der Waals surface area (Å²) >= 11 is 0. The molecule has 3 heteroatoms. The molecule has 0 bridgehead atoms. The first-order valence-electron chi connectivity index (χ1n) is 2.73. The highest BCUT2D eigenvalue weighted by Crippen LogP contribution is 1.93. The van der Waals surface area contributed by atoms with Crippen molar-refractivity contribution in [1.82, 2.24) is 5.32 Å². The van der Waals surface area contributed by atoms with Gasteiger partial charge in [0.05, 0.1) is 6.10 Å². The topological polar surface area (TPSA) is 52.5 Å². The molecule has 0 aliphatic carbocycles. The van der Waals surface area contributed by atoms with Gasteiger partial charge in [0, 0.05) is 13.7 Å². The summed E-state index contributed by atoms with van der Waals surface area (Å²) in [6, 6.07) is 0. The van der Waals surface area contributed by atoms with Crippen LogP contribution in [0.2, 0.25) is 0 Å². The van der Waals surface area contributed by atoms with Crippen LogP contribution < -0.4 is 5.32 Å². The van der Waals surface area contributed by atoms with Crippen LogP contribution in [0.5, 0.6) is 0 Å². The zero-order valence-electron chi connectivity index (χ0n) is 5.09. The van der Waals surface area contributed by atoms with Gasteiger partial charge in [0.2, 0.25) is 0 Å². The van der Waals surface area contributed by atoms with E-state index in [0.29, 0.717) is 0 Å². The van der Waals surface area contributed by atoms with Crippen LogP contribution in [0.25, 0.3) is 0 Å². The molecule has 1 rings (SSSR count). The van der Waals surface area contributed by atoms with E-state index in [-0.39, 0.29) is 6.10 Å². The third kappa shape index (κ3) is 2.96. The van der Waals surface area contributed by atoms with Crippen LogP contribution in [0.3, 0.4) is 0 Å². The maximum Gasteiger partial charge on any atom is 0.0676 e. The van der Waals surface area contributed by atoms with Crippen molar-refractivity contribution in [2.45, 2.75) is 12.5 Å². The molecule has 0 aromatic rings. The third-order valence-corrected chi connectivity index (χ3v) is 1.03. The molecule has 50 valence electrons. The molecule has 1 aliphatic heterocycles. The van der Waals surface area contributed by atoms with Crippen LogP contribution in [0, 0.1) is 0 Å². The Morgan fingerprint density at radius 3 is 2.25 bits per heavy atom. The summed E-state index contributed by atoms with van der Waals surface area (Å²) in [6.45, 7) is 1.78. The predicted molar refractivity (Wildman–Crippen MR) is 31.6 cm³/mol. The minimum Gasteiger partial charge on any atom is -0.400 e. The van der Waals surface area contributed by atoms with E-state index >= 15 is 0 Å². The molecule has 0 spiro atoms. The summed E-state index contributed by atoms with van der Waals surface area (Å²) in [7, 11) is 1.00. The van der Waals surface area contributed by atoms with Gasteiger partial charge in [0.15, 0.2) is 0 Å². The first kappa shape index (κ1) is 7.88. The van der Waals surface area contributed by atoms with Crippen molar-refractivity contribution >= 4 is 0 Å². The second-order valence-corrected chi connectivity index (χ2v) is 1.65. The smallest absolute Gasteiger partial charge is 0.0676 e. The van der Waals surface area contributed by atoms with Crippen LogP contribution in [0.1, 0.15) is 6.42 Å². The van der Waals surface area contributed by atoms with Gasteiger partial charge in [-0.3, -0.25) is 0 Å². The molecule has 1 aliphatic rings. The molecule has 1 atom stereocenters. The highest BCUT2D eigenvalue weighted by Gasteiger charge is 2.08. The van der Waals surface area contributed by atoms with Gasteiger partial charge in [0.1, 0.15) is 0 Å². The maximum absolute atomic E-state index is 8.67. The number of hydrogen-bond donors (Lipinski definition) is 3. The molecule has 3 nitrogen and oxygen atoms in total. The summed E-state index contributed by atoms with van der Waals surface area (Å²) in [6.07, 6.45) is 0.866. The van der Waals surface area contributed by atoms with E-state index < -0.39 is 0 Å². The number of β-amino-alcohol motifs (C(OH)–C–C–N with tert-alkyl or cyclic N) is 1. The fourth-order valence-corrected chi connectivity index (χ4v) is 0.639. The Balaban J connectivity index is 0.000000222. The highest BCUT2D eigenvalue weighted by atomic mass is 16.3. The zero-order valence-corrected chi connectivity index (χ0v) is 5.09. The molecule has 0 aromatic carbocycles. The van der Waals surface area contributed by atoms with Gasteiger partial charge in [-0.2, -0.15) is 0 Å². The number of aliphatic hydroxyl groups excluding tert-OH is 2. The fourth-order valence-electron chi connectivity index (χ4n) is 0.639. The van der Waals surface area contributed by atoms with Gasteiger partial charge in [-0.25, -0.2) is 0 Å². The van der Waals surface area contributed by atoms with Gasteiger partial charge in [-0.05, 0) is 13.0 Å². The normalized spacial score (nSPS) is 26.6. The van der Waals surface area contributed by atoms with Gasteiger partial charge < -0.3 is 15.5 Å². The van der Waals surface area contributed by atoms with Crippen LogP contribution >= 0.6 is 0 Å². The molecule has 0 amide bonds. The quantitative estimate of drug-likeness (QED) is 0.381. The zero-order chi connectivity index (χ0) is 6.41. The minimum atomic E-state index is -0.0648. The predicted octanol–water partition coefficient (Wildman–Crippen LogP) is -1.05. The molecule has 1 heterocycles.